The van der Waals surface area contributed by atoms with Gasteiger partial charge in [0.15, 0.2) is 0 Å². The van der Waals surface area contributed by atoms with Crippen molar-refractivity contribution in [1.82, 2.24) is 15.2 Å². The molecular weight excluding hydrogens is 262 g/mol. The Morgan fingerprint density at radius 3 is 2.55 bits per heavy atom. The first-order valence-electron chi connectivity index (χ1n) is 6.32. The minimum Gasteiger partial charge on any atom is -0.480 e. The zero-order valence-corrected chi connectivity index (χ0v) is 11.3. The molecule has 110 valence electrons. The van der Waals surface area contributed by atoms with Gasteiger partial charge >= 0.3 is 12.0 Å². The van der Waals surface area contributed by atoms with Gasteiger partial charge in [0.2, 0.25) is 0 Å². The topological polar surface area (TPSA) is 103 Å². The molecule has 0 unspecified atom stereocenters. The Bertz CT molecular complexity index is 439. The highest BCUT2D eigenvalue weighted by atomic mass is 16.4. The summed E-state index contributed by atoms with van der Waals surface area (Å²) in [6.45, 7) is 1.76. The van der Waals surface area contributed by atoms with E-state index in [-0.39, 0.29) is 13.2 Å². The minimum atomic E-state index is -1.10. The molecule has 1 rings (SSSR count). The summed E-state index contributed by atoms with van der Waals surface area (Å²) in [7, 11) is 0. The van der Waals surface area contributed by atoms with E-state index in [0.717, 1.165) is 5.56 Å². The molecule has 0 saturated carbocycles. The first kappa shape index (κ1) is 15.9. The van der Waals surface area contributed by atoms with Gasteiger partial charge in [-0.15, -0.1) is 0 Å². The number of rotatable bonds is 7. The molecule has 0 aromatic carbocycles. The summed E-state index contributed by atoms with van der Waals surface area (Å²) in [5.41, 5.74) is 1.02. The molecule has 1 aromatic heterocycles. The monoisotopic (exact) mass is 281 g/mol. The van der Waals surface area contributed by atoms with E-state index in [4.69, 9.17) is 10.2 Å². The van der Waals surface area contributed by atoms with Crippen LogP contribution in [0.1, 0.15) is 12.5 Å². The number of aliphatic carboxylic acids is 1. The second-order valence-corrected chi connectivity index (χ2v) is 4.33. The van der Waals surface area contributed by atoms with Gasteiger partial charge in [0, 0.05) is 25.5 Å². The molecule has 0 bridgehead atoms. The summed E-state index contributed by atoms with van der Waals surface area (Å²) in [4.78, 5) is 27.9. The summed E-state index contributed by atoms with van der Waals surface area (Å²) >= 11 is 0. The average molecular weight is 281 g/mol. The number of nitrogens with zero attached hydrogens (tertiary/aromatic N) is 2. The summed E-state index contributed by atoms with van der Waals surface area (Å²) in [5, 5.41) is 20.1. The van der Waals surface area contributed by atoms with Crippen molar-refractivity contribution in [2.75, 3.05) is 19.7 Å². The number of hydrogen-bond acceptors (Lipinski definition) is 4. The van der Waals surface area contributed by atoms with Crippen LogP contribution in [0.15, 0.2) is 24.5 Å². The van der Waals surface area contributed by atoms with E-state index in [0.29, 0.717) is 13.0 Å². The predicted molar refractivity (Wildman–Crippen MR) is 72.2 cm³/mol. The molecule has 1 aromatic rings. The highest BCUT2D eigenvalue weighted by Crippen LogP contribution is 2.01. The van der Waals surface area contributed by atoms with Crippen LogP contribution < -0.4 is 5.32 Å². The van der Waals surface area contributed by atoms with E-state index < -0.39 is 18.0 Å². The van der Waals surface area contributed by atoms with Crippen LogP contribution in [0.2, 0.25) is 0 Å². The number of aliphatic hydroxyl groups is 1. The molecule has 1 atom stereocenters. The lowest BCUT2D eigenvalue weighted by Crippen LogP contribution is -2.48. The van der Waals surface area contributed by atoms with E-state index in [1.807, 2.05) is 12.1 Å². The van der Waals surface area contributed by atoms with Gasteiger partial charge in [0.05, 0.1) is 6.61 Å². The summed E-state index contributed by atoms with van der Waals surface area (Å²) in [6, 6.07) is 2.22. The van der Waals surface area contributed by atoms with Crippen LogP contribution in [0.5, 0.6) is 0 Å². The molecule has 0 saturated heterocycles. The Hall–Kier alpha value is -2.15. The van der Waals surface area contributed by atoms with Crippen molar-refractivity contribution in [2.24, 2.45) is 0 Å². The van der Waals surface area contributed by atoms with Crippen molar-refractivity contribution in [3.05, 3.63) is 30.1 Å². The van der Waals surface area contributed by atoms with Crippen molar-refractivity contribution >= 4 is 12.0 Å². The van der Waals surface area contributed by atoms with Crippen molar-refractivity contribution < 1.29 is 19.8 Å². The molecule has 0 aliphatic carbocycles. The lowest BCUT2D eigenvalue weighted by Gasteiger charge is -2.23. The Morgan fingerprint density at radius 2 is 2.00 bits per heavy atom. The molecule has 0 aliphatic heterocycles. The number of aliphatic hydroxyl groups excluding tert-OH is 1. The number of amides is 2. The summed E-state index contributed by atoms with van der Waals surface area (Å²) < 4.78 is 0. The molecule has 0 fully saturated rings. The number of carbonyl (C=O) groups is 2. The van der Waals surface area contributed by atoms with Gasteiger partial charge in [-0.25, -0.2) is 4.79 Å². The van der Waals surface area contributed by atoms with E-state index >= 15 is 0 Å². The Kier molecular flexibility index (Phi) is 6.45. The fourth-order valence-electron chi connectivity index (χ4n) is 1.59. The Balaban J connectivity index is 2.55. The predicted octanol–water partition coefficient (Wildman–Crippen LogP) is 0.101. The zero-order chi connectivity index (χ0) is 15.0. The maximum absolute atomic E-state index is 11.9. The highest BCUT2D eigenvalue weighted by molar-refractivity contribution is 5.82. The molecule has 0 spiro atoms. The number of hydrogen-bond donors (Lipinski definition) is 3. The number of carboxylic acids is 1. The van der Waals surface area contributed by atoms with Gasteiger partial charge in [-0.05, 0) is 31.0 Å². The maximum atomic E-state index is 11.9. The van der Waals surface area contributed by atoms with Gasteiger partial charge < -0.3 is 20.4 Å². The molecular formula is C13H19N3O4. The first-order chi connectivity index (χ1) is 9.54. The second-order valence-electron chi connectivity index (χ2n) is 4.33. The van der Waals surface area contributed by atoms with Crippen LogP contribution in [-0.2, 0) is 11.2 Å². The van der Waals surface area contributed by atoms with Crippen LogP contribution in [0, 0.1) is 0 Å². The Morgan fingerprint density at radius 1 is 1.35 bits per heavy atom. The normalized spacial score (nSPS) is 11.7. The van der Waals surface area contributed by atoms with Gasteiger partial charge in [-0.2, -0.15) is 0 Å². The molecule has 7 nitrogen and oxygen atoms in total. The van der Waals surface area contributed by atoms with E-state index in [1.165, 1.54) is 11.8 Å². The molecule has 2 amide bonds. The second kappa shape index (κ2) is 8.11. The number of aromatic nitrogens is 1. The maximum Gasteiger partial charge on any atom is 0.325 e. The number of pyridine rings is 1. The standard InChI is InChI=1S/C13H19N3O4/c1-10(12(18)19)15-13(20)16(8-9-17)7-4-11-2-5-14-6-3-11/h2-3,5-6,10,17H,4,7-9H2,1H3,(H,15,20)(H,18,19)/t10-/m0/s1. The van der Waals surface area contributed by atoms with E-state index in [9.17, 15) is 9.59 Å². The van der Waals surface area contributed by atoms with Crippen molar-refractivity contribution in [1.29, 1.82) is 0 Å². The minimum absolute atomic E-state index is 0.156. The van der Waals surface area contributed by atoms with Gasteiger partial charge in [0.25, 0.3) is 0 Å². The molecule has 0 radical (unpaired) electrons. The molecule has 1 heterocycles. The van der Waals surface area contributed by atoms with E-state index in [2.05, 4.69) is 10.3 Å². The van der Waals surface area contributed by atoms with Gasteiger partial charge in [-0.1, -0.05) is 0 Å². The summed E-state index contributed by atoms with van der Waals surface area (Å²) in [5.74, 6) is -1.10. The fourth-order valence-corrected chi connectivity index (χ4v) is 1.59. The fraction of sp³-hybridized carbons (Fsp3) is 0.462. The highest BCUT2D eigenvalue weighted by Gasteiger charge is 2.18. The van der Waals surface area contributed by atoms with Gasteiger partial charge in [-0.3, -0.25) is 9.78 Å². The van der Waals surface area contributed by atoms with E-state index in [1.54, 1.807) is 12.4 Å². The Labute approximate surface area is 117 Å². The molecule has 0 aliphatic rings. The number of carbonyl (C=O) groups excluding carboxylic acids is 1. The third-order valence-corrected chi connectivity index (χ3v) is 2.79. The quantitative estimate of drug-likeness (QED) is 0.658. The average Bonchev–Trinajstić information content (AvgIpc) is 2.44. The van der Waals surface area contributed by atoms with Crippen molar-refractivity contribution in [2.45, 2.75) is 19.4 Å². The van der Waals surface area contributed by atoms with Crippen molar-refractivity contribution in [3.8, 4) is 0 Å². The van der Waals surface area contributed by atoms with Crippen LogP contribution in [0.4, 0.5) is 4.79 Å². The lowest BCUT2D eigenvalue weighted by molar-refractivity contribution is -0.138. The number of carboxylic acid groups (broad SMARTS) is 1. The number of urea groups is 1. The molecule has 3 N–H and O–H groups in total. The first-order valence-corrected chi connectivity index (χ1v) is 6.32. The third-order valence-electron chi connectivity index (χ3n) is 2.79. The smallest absolute Gasteiger partial charge is 0.325 e. The van der Waals surface area contributed by atoms with Crippen LogP contribution in [0.3, 0.4) is 0 Å². The molecule has 20 heavy (non-hydrogen) atoms. The third kappa shape index (κ3) is 5.23. The largest absolute Gasteiger partial charge is 0.480 e. The SMILES string of the molecule is C[C@H](NC(=O)N(CCO)CCc1ccncc1)C(=O)O. The zero-order valence-electron chi connectivity index (χ0n) is 11.3. The van der Waals surface area contributed by atoms with Crippen LogP contribution in [0.25, 0.3) is 0 Å². The lowest BCUT2D eigenvalue weighted by atomic mass is 10.2. The van der Waals surface area contributed by atoms with Crippen LogP contribution in [-0.4, -0.2) is 57.8 Å². The van der Waals surface area contributed by atoms with Crippen LogP contribution >= 0.6 is 0 Å². The van der Waals surface area contributed by atoms with Crippen molar-refractivity contribution in [3.63, 3.8) is 0 Å². The van der Waals surface area contributed by atoms with Gasteiger partial charge in [0.1, 0.15) is 6.04 Å². The number of nitrogens with one attached hydrogen (secondary N) is 1. The summed E-state index contributed by atoms with van der Waals surface area (Å²) in [6.07, 6.45) is 3.94. The molecule has 7 heteroatoms.